The second-order valence-electron chi connectivity index (χ2n) is 7.08. The number of hydrogen-bond acceptors (Lipinski definition) is 5. The molecule has 2 aliphatic rings. The van der Waals surface area contributed by atoms with Crippen molar-refractivity contribution in [3.8, 4) is 0 Å². The van der Waals surface area contributed by atoms with Crippen LogP contribution in [0.25, 0.3) is 0 Å². The number of para-hydroxylation sites is 2. The number of esters is 1. The van der Waals surface area contributed by atoms with Crippen molar-refractivity contribution in [3.05, 3.63) is 54.1 Å². The quantitative estimate of drug-likeness (QED) is 0.810. The lowest BCUT2D eigenvalue weighted by Crippen LogP contribution is -2.41. The molecule has 0 radical (unpaired) electrons. The molecule has 1 aliphatic carbocycles. The molecule has 0 spiro atoms. The first-order valence-electron chi connectivity index (χ1n) is 9.53. The fraction of sp³-hybridized carbons (Fsp3) is 0.273. The Morgan fingerprint density at radius 3 is 2.69 bits per heavy atom. The van der Waals surface area contributed by atoms with E-state index < -0.39 is 5.97 Å². The fourth-order valence-electron chi connectivity index (χ4n) is 3.79. The predicted molar refractivity (Wildman–Crippen MR) is 110 cm³/mol. The molecule has 1 atom stereocenters. The van der Waals surface area contributed by atoms with Crippen LogP contribution in [0.15, 0.2) is 53.5 Å². The van der Waals surface area contributed by atoms with Crippen molar-refractivity contribution >= 4 is 40.6 Å². The number of carbonyl (C=O) groups excluding carboxylic acids is 3. The number of benzene rings is 2. The van der Waals surface area contributed by atoms with Gasteiger partial charge in [0.1, 0.15) is 6.54 Å². The van der Waals surface area contributed by atoms with Crippen molar-refractivity contribution in [3.63, 3.8) is 0 Å². The molecule has 0 saturated heterocycles. The normalized spacial score (nSPS) is 17.7. The highest BCUT2D eigenvalue weighted by atomic mass is 16.5. The van der Waals surface area contributed by atoms with Crippen LogP contribution in [-0.2, 0) is 14.3 Å². The molecule has 7 heteroatoms. The van der Waals surface area contributed by atoms with Crippen LogP contribution in [0.1, 0.15) is 29.6 Å². The number of hydrogen-bond donors (Lipinski definition) is 1. The van der Waals surface area contributed by atoms with E-state index >= 15 is 0 Å². The number of nitrogens with zero attached hydrogens (tertiary/aromatic N) is 2. The van der Waals surface area contributed by atoms with Gasteiger partial charge in [-0.1, -0.05) is 12.1 Å². The highest BCUT2D eigenvalue weighted by molar-refractivity contribution is 6.16. The Bertz CT molecular complexity index is 997. The fourth-order valence-corrected chi connectivity index (χ4v) is 3.79. The van der Waals surface area contributed by atoms with Gasteiger partial charge in [0.15, 0.2) is 0 Å². The van der Waals surface area contributed by atoms with E-state index in [2.05, 4.69) is 10.1 Å². The Balaban J connectivity index is 1.53. The number of fused-ring (bicyclic) bond motifs is 2. The molecule has 1 heterocycles. The molecule has 1 N–H and O–H groups in total. The molecule has 148 valence electrons. The molecule has 1 aliphatic heterocycles. The average Bonchev–Trinajstić information content (AvgIpc) is 3.16. The molecule has 1 saturated carbocycles. The van der Waals surface area contributed by atoms with Crippen molar-refractivity contribution in [1.82, 2.24) is 0 Å². The number of methoxy groups -OCH3 is 1. The van der Waals surface area contributed by atoms with Crippen LogP contribution in [-0.4, -0.2) is 37.1 Å². The van der Waals surface area contributed by atoms with Gasteiger partial charge in [-0.2, -0.15) is 0 Å². The molecule has 1 fully saturated rings. The maximum absolute atomic E-state index is 13.1. The summed E-state index contributed by atoms with van der Waals surface area (Å²) in [6.45, 7) is -0.103. The van der Waals surface area contributed by atoms with Crippen LogP contribution in [0.3, 0.4) is 0 Å². The molecule has 0 unspecified atom stereocenters. The number of anilines is 2. The van der Waals surface area contributed by atoms with E-state index in [1.807, 2.05) is 24.3 Å². The summed E-state index contributed by atoms with van der Waals surface area (Å²) in [6.07, 6.45) is 2.51. The van der Waals surface area contributed by atoms with Gasteiger partial charge in [-0.25, -0.2) is 4.79 Å². The van der Waals surface area contributed by atoms with E-state index in [1.165, 1.54) is 12.0 Å². The topological polar surface area (TPSA) is 88.1 Å². The molecule has 2 aromatic rings. The zero-order chi connectivity index (χ0) is 20.4. The Morgan fingerprint density at radius 1 is 1.17 bits per heavy atom. The largest absolute Gasteiger partial charge is 0.465 e. The Morgan fingerprint density at radius 2 is 1.93 bits per heavy atom. The van der Waals surface area contributed by atoms with Crippen LogP contribution >= 0.6 is 0 Å². The number of amides is 2. The van der Waals surface area contributed by atoms with E-state index in [0.717, 1.165) is 30.7 Å². The van der Waals surface area contributed by atoms with Crippen molar-refractivity contribution in [2.45, 2.75) is 19.3 Å². The maximum atomic E-state index is 13.1. The zero-order valence-corrected chi connectivity index (χ0v) is 16.1. The number of ether oxygens (including phenoxy) is 1. The summed E-state index contributed by atoms with van der Waals surface area (Å²) in [5.74, 6) is -1.10. The number of carbonyl (C=O) groups is 3. The summed E-state index contributed by atoms with van der Waals surface area (Å²) < 4.78 is 4.67. The lowest BCUT2D eigenvalue weighted by Gasteiger charge is -2.24. The third-order valence-corrected chi connectivity index (χ3v) is 5.22. The summed E-state index contributed by atoms with van der Waals surface area (Å²) >= 11 is 0. The zero-order valence-electron chi connectivity index (χ0n) is 16.1. The van der Waals surface area contributed by atoms with Gasteiger partial charge in [0, 0.05) is 11.4 Å². The van der Waals surface area contributed by atoms with Crippen LogP contribution in [0.4, 0.5) is 17.1 Å². The molecule has 2 amide bonds. The first-order chi connectivity index (χ1) is 14.1. The minimum Gasteiger partial charge on any atom is -0.465 e. The second kappa shape index (κ2) is 7.87. The lowest BCUT2D eigenvalue weighted by molar-refractivity contribution is -0.122. The maximum Gasteiger partial charge on any atom is 0.337 e. The third-order valence-electron chi connectivity index (χ3n) is 5.22. The smallest absolute Gasteiger partial charge is 0.337 e. The molecule has 0 bridgehead atoms. The first-order valence-corrected chi connectivity index (χ1v) is 9.53. The van der Waals surface area contributed by atoms with Crippen molar-refractivity contribution in [2.24, 2.45) is 10.9 Å². The van der Waals surface area contributed by atoms with Crippen LogP contribution in [0, 0.1) is 5.92 Å². The van der Waals surface area contributed by atoms with E-state index in [-0.39, 0.29) is 24.3 Å². The van der Waals surface area contributed by atoms with Gasteiger partial charge >= 0.3 is 5.97 Å². The molecule has 0 aromatic heterocycles. The van der Waals surface area contributed by atoms with Gasteiger partial charge in [-0.15, -0.1) is 0 Å². The van der Waals surface area contributed by atoms with Gasteiger partial charge < -0.3 is 15.0 Å². The molecular weight excluding hydrogens is 370 g/mol. The molecular formula is C22H21N3O4. The SMILES string of the molecule is COC(=O)c1ccc(NC(=O)CN2C(=O)[C@@H]3CCCC3=Nc3ccccc32)cc1. The van der Waals surface area contributed by atoms with E-state index in [1.54, 1.807) is 24.3 Å². The molecule has 29 heavy (non-hydrogen) atoms. The lowest BCUT2D eigenvalue weighted by atomic mass is 10.1. The average molecular weight is 391 g/mol. The highest BCUT2D eigenvalue weighted by Crippen LogP contribution is 2.37. The van der Waals surface area contributed by atoms with Crippen LogP contribution in [0.5, 0.6) is 0 Å². The summed E-state index contributed by atoms with van der Waals surface area (Å²) in [6, 6.07) is 13.8. The standard InChI is InChI=1S/C22H21N3O4/c1-29-22(28)14-9-11-15(12-10-14)23-20(26)13-25-19-8-3-2-6-18(19)24-17-7-4-5-16(17)21(25)27/h2-3,6,8-12,16H,4-5,7,13H2,1H3,(H,23,26)/t16-/m1/s1. The summed E-state index contributed by atoms with van der Waals surface area (Å²) in [5, 5.41) is 2.78. The van der Waals surface area contributed by atoms with E-state index in [0.29, 0.717) is 16.9 Å². The van der Waals surface area contributed by atoms with Gasteiger partial charge in [-0.05, 0) is 55.7 Å². The molecule has 4 rings (SSSR count). The molecule has 7 nitrogen and oxygen atoms in total. The summed E-state index contributed by atoms with van der Waals surface area (Å²) in [7, 11) is 1.31. The van der Waals surface area contributed by atoms with Crippen LogP contribution < -0.4 is 10.2 Å². The van der Waals surface area contributed by atoms with E-state index in [9.17, 15) is 14.4 Å². The van der Waals surface area contributed by atoms with Crippen molar-refractivity contribution in [1.29, 1.82) is 0 Å². The highest BCUT2D eigenvalue weighted by Gasteiger charge is 2.37. The van der Waals surface area contributed by atoms with Gasteiger partial charge in [0.05, 0.1) is 30.0 Å². The van der Waals surface area contributed by atoms with Crippen molar-refractivity contribution in [2.75, 3.05) is 23.9 Å². The van der Waals surface area contributed by atoms with Crippen LogP contribution in [0.2, 0.25) is 0 Å². The Hall–Kier alpha value is -3.48. The number of rotatable bonds is 4. The minimum atomic E-state index is -0.443. The number of nitrogens with one attached hydrogen (secondary N) is 1. The van der Waals surface area contributed by atoms with Gasteiger partial charge in [0.25, 0.3) is 0 Å². The summed E-state index contributed by atoms with van der Waals surface area (Å²) in [5.41, 5.74) is 3.21. The summed E-state index contributed by atoms with van der Waals surface area (Å²) in [4.78, 5) is 43.6. The third kappa shape index (κ3) is 3.76. The Kier molecular flexibility index (Phi) is 5.12. The van der Waals surface area contributed by atoms with E-state index in [4.69, 9.17) is 4.99 Å². The van der Waals surface area contributed by atoms with Crippen molar-refractivity contribution < 1.29 is 19.1 Å². The Labute approximate surface area is 168 Å². The van der Waals surface area contributed by atoms with Gasteiger partial charge in [0.2, 0.25) is 11.8 Å². The molecule has 2 aromatic carbocycles. The predicted octanol–water partition coefficient (Wildman–Crippen LogP) is 3.33. The minimum absolute atomic E-state index is 0.0811. The van der Waals surface area contributed by atoms with Gasteiger partial charge in [-0.3, -0.25) is 14.6 Å². The first kappa shape index (κ1) is 18.9. The monoisotopic (exact) mass is 391 g/mol. The number of aliphatic imine (C=N–C) groups is 1. The second-order valence-corrected chi connectivity index (χ2v) is 7.08.